The van der Waals surface area contributed by atoms with E-state index >= 15 is 0 Å². The van der Waals surface area contributed by atoms with Gasteiger partial charge in [0, 0.05) is 0 Å². The predicted molar refractivity (Wildman–Crippen MR) is 41.1 cm³/mol. The van der Waals surface area contributed by atoms with Gasteiger partial charge in [-0.15, -0.1) is 0 Å². The molecule has 0 aromatic carbocycles. The van der Waals surface area contributed by atoms with Crippen LogP contribution in [0.25, 0.3) is 0 Å². The summed E-state index contributed by atoms with van der Waals surface area (Å²) in [7, 11) is 0. The van der Waals surface area contributed by atoms with Gasteiger partial charge in [-0.25, -0.2) is 0 Å². The van der Waals surface area contributed by atoms with Crippen LogP contribution in [0, 0.1) is 0 Å². The Balaban J connectivity index is -0.0000000450. The topological polar surface area (TPSA) is 120 Å². The van der Waals surface area contributed by atoms with Crippen LogP contribution in [0.4, 0.5) is 0 Å². The van der Waals surface area contributed by atoms with Gasteiger partial charge in [-0.2, -0.15) is 0 Å². The first-order valence-electron chi connectivity index (χ1n) is 2.72. The van der Waals surface area contributed by atoms with Gasteiger partial charge in [0.15, 0.2) is 0 Å². The molecule has 0 N–H and O–H groups in total. The summed E-state index contributed by atoms with van der Waals surface area (Å²) in [6, 6.07) is 0. The summed E-state index contributed by atoms with van der Waals surface area (Å²) in [4.78, 5) is 0. The van der Waals surface area contributed by atoms with Crippen molar-refractivity contribution in [3.8, 4) is 0 Å². The minimum absolute atomic E-state index is 0. The Labute approximate surface area is 102 Å². The van der Waals surface area contributed by atoms with Gasteiger partial charge < -0.3 is 0 Å². The van der Waals surface area contributed by atoms with Gasteiger partial charge in [0.25, 0.3) is 0 Å². The molecule has 0 spiro atoms. The van der Waals surface area contributed by atoms with E-state index in [-0.39, 0.29) is 17.1 Å². The van der Waals surface area contributed by atoms with E-state index in [1.54, 1.807) is 0 Å². The van der Waals surface area contributed by atoms with Crippen LogP contribution in [0.3, 0.4) is 0 Å². The third-order valence-electron chi connectivity index (χ3n) is 0. The molecule has 1 radical (unpaired) electrons. The fraction of sp³-hybridized carbons (Fsp3) is 1.00. The Morgan fingerprint density at radius 3 is 0.692 bits per heavy atom. The van der Waals surface area contributed by atoms with Crippen LogP contribution in [-0.4, -0.2) is 44.8 Å². The summed E-state index contributed by atoms with van der Waals surface area (Å²) in [6.45, 7) is 0. The summed E-state index contributed by atoms with van der Waals surface area (Å²) in [6.07, 6.45) is 0. The minimum atomic E-state index is -2.83. The van der Waals surface area contributed by atoms with E-state index in [0.717, 1.165) is 0 Å². The van der Waals surface area contributed by atoms with Gasteiger partial charge in [0.1, 0.15) is 0 Å². The molecular weight excluding hydrogens is 413 g/mol. The molecule has 3 atom stereocenters. The Morgan fingerprint density at radius 1 is 0.692 bits per heavy atom. The molecule has 0 aliphatic carbocycles. The Bertz CT molecular complexity index is 121. The molecule has 10 heteroatoms. The molecule has 0 aliphatic heterocycles. The fourth-order valence-corrected chi connectivity index (χ4v) is 0. The molecule has 0 saturated carbocycles. The van der Waals surface area contributed by atoms with Gasteiger partial charge in [-0.1, -0.05) is 0 Å². The third kappa shape index (κ3) is 816. The van der Waals surface area contributed by atoms with Crippen molar-refractivity contribution in [1.29, 1.82) is 0 Å². The number of hydrogen-bond donors (Lipinski definition) is 0. The molecule has 0 saturated heterocycles. The molecule has 0 aromatic heterocycles. The zero-order valence-corrected chi connectivity index (χ0v) is 14.7. The van der Waals surface area contributed by atoms with Crippen LogP contribution >= 0.6 is 0 Å². The third-order valence-corrected chi connectivity index (χ3v) is 0. The van der Waals surface area contributed by atoms with Crippen molar-refractivity contribution in [2.75, 3.05) is 0 Å². The largest absolute Gasteiger partial charge is 3.00 e. The van der Waals surface area contributed by atoms with Crippen LogP contribution in [0.2, 0.25) is 17.1 Å². The van der Waals surface area contributed by atoms with E-state index in [1.165, 1.54) is 17.1 Å². The van der Waals surface area contributed by atoms with Crippen molar-refractivity contribution < 1.29 is 40.6 Å². The Kier molecular flexibility index (Phi) is 35.2. The maximum atomic E-state index is 9.14. The molecule has 0 bridgehead atoms. The van der Waals surface area contributed by atoms with E-state index in [1.807, 2.05) is 0 Å². The van der Waals surface area contributed by atoms with Crippen LogP contribution in [0.1, 0.15) is 0 Å². The maximum Gasteiger partial charge on any atom is 3.00 e. The average Bonchev–Trinajstić information content (AvgIpc) is 1.54. The van der Waals surface area contributed by atoms with Gasteiger partial charge in [0.05, 0.1) is 0 Å². The minimum Gasteiger partial charge on any atom is 3.00 e. The number of hydrogen-bond acceptors (Lipinski definition) is 6. The zero-order chi connectivity index (χ0) is 10.7. The molecule has 0 heterocycles. The van der Waals surface area contributed by atoms with Gasteiger partial charge in [-0.05, 0) is 0 Å². The molecule has 13 heavy (non-hydrogen) atoms. The molecule has 0 aliphatic rings. The second-order valence-corrected chi connectivity index (χ2v) is 7.66. The van der Waals surface area contributed by atoms with E-state index in [9.17, 15) is 0 Å². The summed E-state index contributed by atoms with van der Waals surface area (Å²) >= 11 is -8.50. The predicted octanol–water partition coefficient (Wildman–Crippen LogP) is -4.12. The molecule has 0 amide bonds. The van der Waals surface area contributed by atoms with Crippen LogP contribution in [0.15, 0.2) is 0 Å². The van der Waals surface area contributed by atoms with Crippen molar-refractivity contribution in [2.24, 2.45) is 0 Å². The second-order valence-electron chi connectivity index (χ2n) is 1.47. The van der Waals surface area contributed by atoms with E-state index in [0.29, 0.717) is 0 Å². The van der Waals surface area contributed by atoms with E-state index in [4.69, 9.17) is 23.5 Å². The molecule has 83 valence electrons. The van der Waals surface area contributed by atoms with E-state index in [2.05, 4.69) is 0 Å². The molecule has 3 unspecified atom stereocenters. The standard InChI is InChI=1S/3CH5AsO2.Fe/c3*1-2(3)4;/h3*2H,1H3,(H,3,4);/q;;;+3/p-3. The molecule has 0 fully saturated rings. The van der Waals surface area contributed by atoms with E-state index < -0.39 is 44.8 Å². The summed E-state index contributed by atoms with van der Waals surface area (Å²) < 4.78 is 54.8. The van der Waals surface area contributed by atoms with Crippen LogP contribution in [0.5, 0.6) is 0 Å². The first kappa shape index (κ1) is 24.0. The molecule has 0 aromatic rings. The van der Waals surface area contributed by atoms with Crippen molar-refractivity contribution >= 4 is 44.8 Å². The first-order valence-corrected chi connectivity index (χ1v) is 14.2. The smallest absolute Gasteiger partial charge is 3.00 e. The van der Waals surface area contributed by atoms with Gasteiger partial charge in [-0.3, -0.25) is 0 Å². The maximum absolute atomic E-state index is 9.14. The monoisotopic (exact) mass is 425 g/mol. The van der Waals surface area contributed by atoms with Crippen LogP contribution < -0.4 is 12.3 Å². The van der Waals surface area contributed by atoms with Crippen LogP contribution in [-0.2, 0) is 28.3 Å². The van der Waals surface area contributed by atoms with Gasteiger partial charge >= 0.3 is 103 Å². The SMILES string of the molecule is C[AsH](=O)[O-].C[AsH](=O)[O-].C[AsH](=O)[O-].[Fe+3]. The van der Waals surface area contributed by atoms with Crippen molar-refractivity contribution in [3.63, 3.8) is 0 Å². The molecule has 0 rings (SSSR count). The Hall–Kier alpha value is 1.47. The normalized spacial score (nSPS) is 14.3. The number of rotatable bonds is 0. The van der Waals surface area contributed by atoms with Crippen molar-refractivity contribution in [1.82, 2.24) is 0 Å². The summed E-state index contributed by atoms with van der Waals surface area (Å²) in [5, 5.41) is 0. The Morgan fingerprint density at radius 2 is 0.692 bits per heavy atom. The second kappa shape index (κ2) is 19.1. The summed E-state index contributed by atoms with van der Waals surface area (Å²) in [5.41, 5.74) is 3.67. The van der Waals surface area contributed by atoms with Crippen molar-refractivity contribution in [2.45, 2.75) is 17.1 Å². The average molecular weight is 425 g/mol. The van der Waals surface area contributed by atoms with Crippen molar-refractivity contribution in [3.05, 3.63) is 0 Å². The quantitative estimate of drug-likeness (QED) is 0.364. The summed E-state index contributed by atoms with van der Waals surface area (Å²) in [5.74, 6) is 0. The fourth-order valence-electron chi connectivity index (χ4n) is 0. The zero-order valence-electron chi connectivity index (χ0n) is 7.30. The van der Waals surface area contributed by atoms with Gasteiger partial charge in [0.2, 0.25) is 0 Å². The molecule has 6 nitrogen and oxygen atoms in total. The first-order chi connectivity index (χ1) is 5.20. The molecular formula is C3H12As3FeO6.